The van der Waals surface area contributed by atoms with Crippen LogP contribution < -0.4 is 16.2 Å². The van der Waals surface area contributed by atoms with Crippen LogP contribution in [0.5, 0.6) is 0 Å². The third-order valence-electron chi connectivity index (χ3n) is 3.35. The number of pyridine rings is 1. The minimum Gasteiger partial charge on any atom is -0.333 e. The lowest BCUT2D eigenvalue weighted by molar-refractivity contribution is 0.242. The molecule has 0 saturated heterocycles. The number of aromatic nitrogens is 1. The molecule has 2 amide bonds. The van der Waals surface area contributed by atoms with Crippen molar-refractivity contribution in [3.63, 3.8) is 0 Å². The lowest BCUT2D eigenvalue weighted by Crippen LogP contribution is -2.40. The van der Waals surface area contributed by atoms with Gasteiger partial charge in [0.2, 0.25) is 0 Å². The fraction of sp³-hybridized carbons (Fsp3) is 0.200. The van der Waals surface area contributed by atoms with Crippen molar-refractivity contribution in [2.24, 2.45) is 0 Å². The van der Waals surface area contributed by atoms with Gasteiger partial charge in [-0.25, -0.2) is 14.2 Å². The van der Waals surface area contributed by atoms with Gasteiger partial charge < -0.3 is 5.32 Å². The molecule has 1 heterocycles. The van der Waals surface area contributed by atoms with Crippen molar-refractivity contribution in [3.8, 4) is 0 Å². The van der Waals surface area contributed by atoms with Gasteiger partial charge >= 0.3 is 6.03 Å². The fourth-order valence-electron chi connectivity index (χ4n) is 2.22. The average molecular weight is 286 g/mol. The second kappa shape index (κ2) is 5.78. The van der Waals surface area contributed by atoms with Crippen LogP contribution in [0.4, 0.5) is 15.0 Å². The summed E-state index contributed by atoms with van der Waals surface area (Å²) in [4.78, 5) is 15.7. The van der Waals surface area contributed by atoms with Gasteiger partial charge in [-0.3, -0.25) is 10.9 Å². The van der Waals surface area contributed by atoms with Gasteiger partial charge in [0.15, 0.2) is 0 Å². The van der Waals surface area contributed by atoms with Crippen LogP contribution in [0.3, 0.4) is 0 Å². The third kappa shape index (κ3) is 3.47. The van der Waals surface area contributed by atoms with Crippen LogP contribution in [0, 0.1) is 5.82 Å². The van der Waals surface area contributed by atoms with E-state index in [1.54, 1.807) is 24.4 Å². The largest absolute Gasteiger partial charge is 0.333 e. The Hall–Kier alpha value is -2.63. The number of carbonyl (C=O) groups is 1. The van der Waals surface area contributed by atoms with Crippen LogP contribution in [0.25, 0.3) is 0 Å². The summed E-state index contributed by atoms with van der Waals surface area (Å²) >= 11 is 0. The quantitative estimate of drug-likeness (QED) is 0.756. The highest BCUT2D eigenvalue weighted by Crippen LogP contribution is 2.40. The minimum absolute atomic E-state index is 0.0392. The Kier molecular flexibility index (Phi) is 3.68. The molecule has 0 spiro atoms. The molecule has 5 nitrogen and oxygen atoms in total. The first kappa shape index (κ1) is 13.4. The zero-order valence-electron chi connectivity index (χ0n) is 11.2. The highest BCUT2D eigenvalue weighted by molar-refractivity contribution is 5.76. The third-order valence-corrected chi connectivity index (χ3v) is 3.35. The van der Waals surface area contributed by atoms with E-state index < -0.39 is 0 Å². The zero-order chi connectivity index (χ0) is 14.7. The van der Waals surface area contributed by atoms with E-state index in [0.717, 1.165) is 12.0 Å². The van der Waals surface area contributed by atoms with Crippen molar-refractivity contribution in [1.29, 1.82) is 0 Å². The van der Waals surface area contributed by atoms with Crippen LogP contribution in [-0.4, -0.2) is 17.1 Å². The number of anilines is 1. The summed E-state index contributed by atoms with van der Waals surface area (Å²) in [7, 11) is 0. The maximum Gasteiger partial charge on any atom is 0.333 e. The maximum atomic E-state index is 13.1. The van der Waals surface area contributed by atoms with E-state index in [-0.39, 0.29) is 23.8 Å². The molecule has 108 valence electrons. The first-order valence-corrected chi connectivity index (χ1v) is 6.71. The van der Waals surface area contributed by atoms with Crippen LogP contribution in [0.2, 0.25) is 0 Å². The summed E-state index contributed by atoms with van der Waals surface area (Å²) in [6.07, 6.45) is 2.45. The highest BCUT2D eigenvalue weighted by Gasteiger charge is 2.39. The average Bonchev–Trinajstić information content (AvgIpc) is 3.25. The number of benzene rings is 1. The summed E-state index contributed by atoms with van der Waals surface area (Å²) in [5.74, 6) is 0.492. The van der Waals surface area contributed by atoms with Crippen molar-refractivity contribution < 1.29 is 9.18 Å². The molecule has 1 fully saturated rings. The molecular formula is C15H15FN4O. The van der Waals surface area contributed by atoms with Crippen LogP contribution >= 0.6 is 0 Å². The first-order valence-electron chi connectivity index (χ1n) is 6.71. The number of hydrogen-bond donors (Lipinski definition) is 3. The van der Waals surface area contributed by atoms with Gasteiger partial charge in [-0.05, 0) is 36.2 Å². The number of nitrogens with one attached hydrogen (secondary N) is 3. The molecule has 0 unspecified atom stereocenters. The van der Waals surface area contributed by atoms with Gasteiger partial charge in [-0.15, -0.1) is 0 Å². The Morgan fingerprint density at radius 1 is 1.24 bits per heavy atom. The van der Waals surface area contributed by atoms with E-state index in [1.165, 1.54) is 12.1 Å². The predicted octanol–water partition coefficient (Wildman–Crippen LogP) is 2.40. The molecule has 21 heavy (non-hydrogen) atoms. The topological polar surface area (TPSA) is 66.0 Å². The van der Waals surface area contributed by atoms with Gasteiger partial charge in [0.05, 0.1) is 0 Å². The molecule has 2 atom stereocenters. The minimum atomic E-state index is -0.329. The summed E-state index contributed by atoms with van der Waals surface area (Å²) < 4.78 is 13.1. The molecule has 3 rings (SSSR count). The maximum absolute atomic E-state index is 13.1. The van der Waals surface area contributed by atoms with Crippen LogP contribution in [0.15, 0.2) is 48.7 Å². The number of nitrogens with zero attached hydrogens (tertiary/aromatic N) is 1. The fourth-order valence-corrected chi connectivity index (χ4v) is 2.22. The van der Waals surface area contributed by atoms with E-state index >= 15 is 0 Å². The Labute approximate surface area is 121 Å². The zero-order valence-corrected chi connectivity index (χ0v) is 11.2. The molecule has 1 aromatic carbocycles. The Balaban J connectivity index is 1.47. The molecular weight excluding hydrogens is 271 g/mol. The second-order valence-electron chi connectivity index (χ2n) is 4.94. The number of halogens is 1. The van der Waals surface area contributed by atoms with Crippen molar-refractivity contribution in [1.82, 2.24) is 15.7 Å². The van der Waals surface area contributed by atoms with Crippen molar-refractivity contribution in [3.05, 3.63) is 60.0 Å². The number of carbonyl (C=O) groups excluding carboxylic acids is 1. The summed E-state index contributed by atoms with van der Waals surface area (Å²) in [6, 6.07) is 11.5. The van der Waals surface area contributed by atoms with Crippen molar-refractivity contribution >= 4 is 11.8 Å². The molecule has 1 aromatic heterocycles. The molecule has 6 heteroatoms. The Bertz CT molecular complexity index is 635. The molecule has 0 bridgehead atoms. The van der Waals surface area contributed by atoms with Gasteiger partial charge in [-0.2, -0.15) is 0 Å². The number of rotatable bonds is 4. The summed E-state index contributed by atoms with van der Waals surface area (Å²) in [5, 5.41) is 2.83. The first-order chi connectivity index (χ1) is 10.2. The number of urea groups is 1. The number of hydrogen-bond acceptors (Lipinski definition) is 3. The smallest absolute Gasteiger partial charge is 0.333 e. The molecule has 3 N–H and O–H groups in total. The Morgan fingerprint density at radius 3 is 2.90 bits per heavy atom. The summed E-state index contributed by atoms with van der Waals surface area (Å²) in [6.45, 7) is 0. The molecule has 0 aliphatic heterocycles. The van der Waals surface area contributed by atoms with E-state index in [4.69, 9.17) is 0 Å². The van der Waals surface area contributed by atoms with Gasteiger partial charge in [0.1, 0.15) is 11.6 Å². The van der Waals surface area contributed by atoms with E-state index in [1.807, 2.05) is 12.1 Å². The molecule has 1 aliphatic carbocycles. The van der Waals surface area contributed by atoms with E-state index in [9.17, 15) is 9.18 Å². The summed E-state index contributed by atoms with van der Waals surface area (Å²) in [5.41, 5.74) is 6.14. The molecule has 0 radical (unpaired) electrons. The number of hydrazine groups is 1. The Morgan fingerprint density at radius 2 is 2.14 bits per heavy atom. The monoisotopic (exact) mass is 286 g/mol. The van der Waals surface area contributed by atoms with Crippen molar-refractivity contribution in [2.45, 2.75) is 18.4 Å². The predicted molar refractivity (Wildman–Crippen MR) is 77.1 cm³/mol. The lowest BCUT2D eigenvalue weighted by atomic mass is 10.1. The normalized spacial score (nSPS) is 19.7. The second-order valence-corrected chi connectivity index (χ2v) is 4.94. The standard InChI is InChI=1S/C15H15FN4O/c16-11-5-3-4-10(8-11)12-9-13(12)18-15(21)20-19-14-6-1-2-7-17-14/h1-8,12-13H,9H2,(H,17,19)(H2,18,20,21)/t12-,13-/m0/s1. The van der Waals surface area contributed by atoms with Crippen LogP contribution in [-0.2, 0) is 0 Å². The molecule has 2 aromatic rings. The van der Waals surface area contributed by atoms with Gasteiger partial charge in [0.25, 0.3) is 0 Å². The van der Waals surface area contributed by atoms with E-state index in [0.29, 0.717) is 5.82 Å². The molecule has 1 saturated carbocycles. The van der Waals surface area contributed by atoms with Crippen LogP contribution in [0.1, 0.15) is 17.9 Å². The van der Waals surface area contributed by atoms with E-state index in [2.05, 4.69) is 21.2 Å². The SMILES string of the molecule is O=C(NNc1ccccn1)N[C@H]1C[C@H]1c1cccc(F)c1. The lowest BCUT2D eigenvalue weighted by Gasteiger charge is -2.09. The number of amides is 2. The van der Waals surface area contributed by atoms with Crippen molar-refractivity contribution in [2.75, 3.05) is 5.43 Å². The highest BCUT2D eigenvalue weighted by atomic mass is 19.1. The van der Waals surface area contributed by atoms with Gasteiger partial charge in [0, 0.05) is 18.2 Å². The van der Waals surface area contributed by atoms with Gasteiger partial charge in [-0.1, -0.05) is 18.2 Å². The molecule has 1 aliphatic rings.